The third kappa shape index (κ3) is 5.09. The van der Waals surface area contributed by atoms with Gasteiger partial charge in [-0.15, -0.1) is 0 Å². The van der Waals surface area contributed by atoms with E-state index in [2.05, 4.69) is 30.1 Å². The summed E-state index contributed by atoms with van der Waals surface area (Å²) in [7, 11) is 0. The number of anilines is 1. The average molecular weight is 395 g/mol. The zero-order valence-corrected chi connectivity index (χ0v) is 17.1. The van der Waals surface area contributed by atoms with Crippen LogP contribution in [0.3, 0.4) is 0 Å². The highest BCUT2D eigenvalue weighted by Crippen LogP contribution is 2.25. The van der Waals surface area contributed by atoms with Gasteiger partial charge in [-0.1, -0.05) is 6.07 Å². The third-order valence-corrected chi connectivity index (χ3v) is 6.06. The number of nitrogens with one attached hydrogen (secondary N) is 1. The fourth-order valence-electron chi connectivity index (χ4n) is 4.46. The van der Waals surface area contributed by atoms with Crippen LogP contribution >= 0.6 is 0 Å². The Morgan fingerprint density at radius 2 is 1.97 bits per heavy atom. The van der Waals surface area contributed by atoms with Crippen molar-refractivity contribution in [1.29, 1.82) is 0 Å². The van der Waals surface area contributed by atoms with Crippen LogP contribution in [-0.2, 0) is 11.3 Å². The highest BCUT2D eigenvalue weighted by molar-refractivity contribution is 5.78. The number of amides is 1. The van der Waals surface area contributed by atoms with E-state index in [0.29, 0.717) is 12.6 Å². The molecule has 0 aliphatic carbocycles. The zero-order chi connectivity index (χ0) is 20.1. The van der Waals surface area contributed by atoms with Gasteiger partial charge in [0.2, 0.25) is 5.91 Å². The van der Waals surface area contributed by atoms with Crippen molar-refractivity contribution >= 4 is 11.7 Å². The second-order valence-corrected chi connectivity index (χ2v) is 8.05. The maximum Gasteiger partial charge on any atom is 0.224 e. The Bertz CT molecular complexity index is 806. The van der Waals surface area contributed by atoms with Gasteiger partial charge in [0, 0.05) is 38.1 Å². The van der Waals surface area contributed by atoms with Gasteiger partial charge in [-0.2, -0.15) is 0 Å². The molecule has 0 saturated carbocycles. The number of pyridine rings is 1. The Labute approximate surface area is 172 Å². The van der Waals surface area contributed by atoms with Crippen molar-refractivity contribution in [3.63, 3.8) is 0 Å². The van der Waals surface area contributed by atoms with E-state index in [0.717, 1.165) is 69.2 Å². The minimum Gasteiger partial charge on any atom is -0.356 e. The molecule has 2 saturated heterocycles. The molecule has 0 radical (unpaired) electrons. The maximum absolute atomic E-state index is 12.7. The van der Waals surface area contributed by atoms with Crippen molar-refractivity contribution in [2.75, 3.05) is 31.1 Å². The number of carbonyl (C=O) groups is 1. The molecule has 2 aliphatic rings. The molecule has 1 atom stereocenters. The smallest absolute Gasteiger partial charge is 0.224 e. The molecule has 2 aromatic heterocycles. The van der Waals surface area contributed by atoms with E-state index in [9.17, 15) is 4.79 Å². The predicted octanol–water partition coefficient (Wildman–Crippen LogP) is 2.18. The molecular weight excluding hydrogens is 364 g/mol. The van der Waals surface area contributed by atoms with Gasteiger partial charge in [-0.05, 0) is 57.4 Å². The van der Waals surface area contributed by atoms with Crippen LogP contribution in [-0.4, -0.2) is 58.0 Å². The highest BCUT2D eigenvalue weighted by Gasteiger charge is 2.31. The number of piperidine rings is 2. The Hall–Kier alpha value is -2.54. The molecule has 4 rings (SSSR count). The summed E-state index contributed by atoms with van der Waals surface area (Å²) in [5.74, 6) is 2.09. The van der Waals surface area contributed by atoms with Crippen LogP contribution in [0.25, 0.3) is 0 Å². The largest absolute Gasteiger partial charge is 0.356 e. The Balaban J connectivity index is 1.27. The highest BCUT2D eigenvalue weighted by atomic mass is 16.1. The van der Waals surface area contributed by atoms with Crippen LogP contribution in [0.4, 0.5) is 5.82 Å². The Morgan fingerprint density at radius 3 is 2.72 bits per heavy atom. The van der Waals surface area contributed by atoms with Gasteiger partial charge in [0.25, 0.3) is 0 Å². The zero-order valence-electron chi connectivity index (χ0n) is 17.1. The Kier molecular flexibility index (Phi) is 6.34. The molecule has 1 amide bonds. The van der Waals surface area contributed by atoms with Crippen molar-refractivity contribution in [2.45, 2.75) is 45.2 Å². The van der Waals surface area contributed by atoms with Gasteiger partial charge in [0.1, 0.15) is 11.6 Å². The summed E-state index contributed by atoms with van der Waals surface area (Å²) in [6.07, 6.45) is 7.90. The first-order chi connectivity index (χ1) is 14.2. The lowest BCUT2D eigenvalue weighted by Gasteiger charge is -2.42. The van der Waals surface area contributed by atoms with E-state index in [1.807, 2.05) is 37.4 Å². The van der Waals surface area contributed by atoms with E-state index in [-0.39, 0.29) is 11.8 Å². The van der Waals surface area contributed by atoms with E-state index < -0.39 is 0 Å². The van der Waals surface area contributed by atoms with Crippen LogP contribution in [0.5, 0.6) is 0 Å². The molecular formula is C22H30N6O. The summed E-state index contributed by atoms with van der Waals surface area (Å²) in [6, 6.07) is 8.34. The lowest BCUT2D eigenvalue weighted by atomic mass is 9.93. The molecule has 7 nitrogen and oxygen atoms in total. The molecule has 154 valence electrons. The van der Waals surface area contributed by atoms with Crippen molar-refractivity contribution in [2.24, 2.45) is 5.92 Å². The van der Waals surface area contributed by atoms with Crippen molar-refractivity contribution in [3.05, 3.63) is 48.2 Å². The summed E-state index contributed by atoms with van der Waals surface area (Å²) in [5.41, 5.74) is 0.904. The van der Waals surface area contributed by atoms with Gasteiger partial charge >= 0.3 is 0 Å². The number of carbonyl (C=O) groups excluding carboxylic acids is 1. The van der Waals surface area contributed by atoms with Crippen molar-refractivity contribution < 1.29 is 4.79 Å². The summed E-state index contributed by atoms with van der Waals surface area (Å²) in [6.45, 7) is 6.42. The number of nitrogens with zero attached hydrogens (tertiary/aromatic N) is 5. The fraction of sp³-hybridized carbons (Fsp3) is 0.545. The van der Waals surface area contributed by atoms with Crippen LogP contribution in [0.15, 0.2) is 36.7 Å². The van der Waals surface area contributed by atoms with Gasteiger partial charge in [0.05, 0.1) is 18.2 Å². The van der Waals surface area contributed by atoms with Gasteiger partial charge in [0.15, 0.2) is 0 Å². The summed E-state index contributed by atoms with van der Waals surface area (Å²) in [4.78, 5) is 30.6. The Morgan fingerprint density at radius 1 is 1.10 bits per heavy atom. The lowest BCUT2D eigenvalue weighted by Crippen LogP contribution is -2.51. The van der Waals surface area contributed by atoms with E-state index in [4.69, 9.17) is 0 Å². The molecule has 2 aromatic rings. The van der Waals surface area contributed by atoms with Crippen LogP contribution in [0.2, 0.25) is 0 Å². The molecule has 4 heterocycles. The number of hydrogen-bond acceptors (Lipinski definition) is 6. The maximum atomic E-state index is 12.7. The summed E-state index contributed by atoms with van der Waals surface area (Å²) < 4.78 is 0. The van der Waals surface area contributed by atoms with Gasteiger partial charge in [-0.25, -0.2) is 9.97 Å². The average Bonchev–Trinajstić information content (AvgIpc) is 2.78. The molecule has 2 fully saturated rings. The molecule has 2 aliphatic heterocycles. The number of likely N-dealkylation sites (tertiary alicyclic amines) is 1. The first-order valence-corrected chi connectivity index (χ1v) is 10.7. The van der Waals surface area contributed by atoms with E-state index >= 15 is 0 Å². The van der Waals surface area contributed by atoms with Crippen LogP contribution in [0.1, 0.15) is 37.2 Å². The topological polar surface area (TPSA) is 74.2 Å². The van der Waals surface area contributed by atoms with Crippen LogP contribution in [0, 0.1) is 12.8 Å². The molecule has 0 spiro atoms. The third-order valence-electron chi connectivity index (χ3n) is 6.06. The SMILES string of the molecule is Cc1nccc(N2CCC(N3CCC[C@H](C(=O)NCc4ccccn4)C3)CC2)n1. The predicted molar refractivity (Wildman–Crippen MR) is 112 cm³/mol. The van der Waals surface area contributed by atoms with Crippen LogP contribution < -0.4 is 10.2 Å². The number of rotatable bonds is 5. The molecule has 29 heavy (non-hydrogen) atoms. The van der Waals surface area contributed by atoms with E-state index in [1.54, 1.807) is 6.20 Å². The number of aromatic nitrogens is 3. The van der Waals surface area contributed by atoms with Gasteiger partial charge in [-0.3, -0.25) is 14.7 Å². The summed E-state index contributed by atoms with van der Waals surface area (Å²) >= 11 is 0. The molecule has 0 unspecified atom stereocenters. The second kappa shape index (κ2) is 9.31. The lowest BCUT2D eigenvalue weighted by molar-refractivity contribution is -0.127. The standard InChI is InChI=1S/C22H30N6O/c1-17-23-11-7-21(26-17)27-13-8-20(9-14-27)28-12-4-5-18(16-28)22(29)25-15-19-6-2-3-10-24-19/h2-3,6-7,10-11,18,20H,4-5,8-9,12-16H2,1H3,(H,25,29)/t18-/m0/s1. The minimum atomic E-state index is 0.0787. The summed E-state index contributed by atoms with van der Waals surface area (Å²) in [5, 5.41) is 3.08. The number of hydrogen-bond donors (Lipinski definition) is 1. The quantitative estimate of drug-likeness (QED) is 0.838. The minimum absolute atomic E-state index is 0.0787. The second-order valence-electron chi connectivity index (χ2n) is 8.05. The molecule has 0 aromatic carbocycles. The first-order valence-electron chi connectivity index (χ1n) is 10.7. The van der Waals surface area contributed by atoms with Gasteiger partial charge < -0.3 is 10.2 Å². The monoisotopic (exact) mass is 394 g/mol. The molecule has 0 bridgehead atoms. The molecule has 7 heteroatoms. The fourth-order valence-corrected chi connectivity index (χ4v) is 4.46. The normalized spacial score (nSPS) is 21.1. The van der Waals surface area contributed by atoms with Crippen molar-refractivity contribution in [3.8, 4) is 0 Å². The molecule has 1 N–H and O–H groups in total. The first kappa shape index (κ1) is 19.8. The van der Waals surface area contributed by atoms with E-state index in [1.165, 1.54) is 0 Å². The van der Waals surface area contributed by atoms with Crippen molar-refractivity contribution in [1.82, 2.24) is 25.2 Å². The number of aryl methyl sites for hydroxylation is 1.